The molecule has 1 aliphatic rings. The molecule has 3 nitrogen and oxygen atoms in total. The lowest BCUT2D eigenvalue weighted by molar-refractivity contribution is 0.0996. The zero-order valence-electron chi connectivity index (χ0n) is 11.7. The number of halogens is 2. The summed E-state index contributed by atoms with van der Waals surface area (Å²) in [5.74, 6) is -1.30. The molecule has 3 unspecified atom stereocenters. The number of carbonyl (C=O) groups excluding carboxylic acids is 1. The van der Waals surface area contributed by atoms with Gasteiger partial charge in [-0.2, -0.15) is 0 Å². The first-order chi connectivity index (χ1) is 9.38. The average Bonchev–Trinajstić information content (AvgIpc) is 2.36. The summed E-state index contributed by atoms with van der Waals surface area (Å²) in [5.41, 5.74) is 4.94. The molecule has 110 valence electrons. The molecule has 3 atom stereocenters. The van der Waals surface area contributed by atoms with Gasteiger partial charge in [-0.05, 0) is 37.2 Å². The third-order valence-electron chi connectivity index (χ3n) is 4.28. The summed E-state index contributed by atoms with van der Waals surface area (Å²) < 4.78 is 27.2. The normalized spacial score (nSPS) is 26.3. The lowest BCUT2D eigenvalue weighted by atomic mass is 9.79. The van der Waals surface area contributed by atoms with Crippen LogP contribution in [0.15, 0.2) is 12.1 Å². The second-order valence-electron chi connectivity index (χ2n) is 5.79. The van der Waals surface area contributed by atoms with Gasteiger partial charge in [0.1, 0.15) is 11.6 Å². The SMILES string of the molecule is CC1CCC(Nc2cc(C(N)=O)c(F)cc2F)CC1C. The Morgan fingerprint density at radius 1 is 1.20 bits per heavy atom. The molecule has 3 N–H and O–H groups in total. The third kappa shape index (κ3) is 3.08. The molecule has 5 heteroatoms. The second kappa shape index (κ2) is 5.77. The van der Waals surface area contributed by atoms with Crippen LogP contribution in [0.3, 0.4) is 0 Å². The molecule has 0 saturated heterocycles. The van der Waals surface area contributed by atoms with Crippen molar-refractivity contribution in [1.82, 2.24) is 0 Å². The zero-order chi connectivity index (χ0) is 14.9. The molecule has 1 fully saturated rings. The molecule has 1 amide bonds. The highest BCUT2D eigenvalue weighted by molar-refractivity contribution is 5.94. The first-order valence-electron chi connectivity index (χ1n) is 6.94. The van der Waals surface area contributed by atoms with Crippen LogP contribution in [0.2, 0.25) is 0 Å². The molecule has 0 spiro atoms. The van der Waals surface area contributed by atoms with Crippen molar-refractivity contribution in [3.05, 3.63) is 29.3 Å². The minimum absolute atomic E-state index is 0.141. The predicted molar refractivity (Wildman–Crippen MR) is 74.5 cm³/mol. The van der Waals surface area contributed by atoms with Gasteiger partial charge in [-0.1, -0.05) is 13.8 Å². The van der Waals surface area contributed by atoms with Crippen molar-refractivity contribution in [1.29, 1.82) is 0 Å². The molecular formula is C15H20F2N2O. The van der Waals surface area contributed by atoms with Crippen LogP contribution in [0.1, 0.15) is 43.5 Å². The number of nitrogens with one attached hydrogen (secondary N) is 1. The Morgan fingerprint density at radius 2 is 1.90 bits per heavy atom. The highest BCUT2D eigenvalue weighted by atomic mass is 19.1. The number of rotatable bonds is 3. The van der Waals surface area contributed by atoms with Crippen molar-refractivity contribution >= 4 is 11.6 Å². The Labute approximate surface area is 117 Å². The van der Waals surface area contributed by atoms with Gasteiger partial charge in [0.2, 0.25) is 0 Å². The topological polar surface area (TPSA) is 55.1 Å². The summed E-state index contributed by atoms with van der Waals surface area (Å²) in [7, 11) is 0. The molecule has 1 aromatic carbocycles. The number of anilines is 1. The molecule has 0 aromatic heterocycles. The minimum atomic E-state index is -0.925. The lowest BCUT2D eigenvalue weighted by Gasteiger charge is -2.33. The Morgan fingerprint density at radius 3 is 2.50 bits per heavy atom. The number of nitrogens with two attached hydrogens (primary N) is 1. The maximum absolute atomic E-state index is 13.8. The van der Waals surface area contributed by atoms with E-state index in [1.807, 2.05) is 0 Å². The molecular weight excluding hydrogens is 262 g/mol. The molecule has 0 aliphatic heterocycles. The van der Waals surface area contributed by atoms with Gasteiger partial charge in [0.15, 0.2) is 0 Å². The maximum Gasteiger partial charge on any atom is 0.251 e. The van der Waals surface area contributed by atoms with E-state index in [-0.39, 0.29) is 17.3 Å². The molecule has 1 saturated carbocycles. The summed E-state index contributed by atoms with van der Waals surface area (Å²) in [6.07, 6.45) is 2.95. The molecule has 0 radical (unpaired) electrons. The van der Waals surface area contributed by atoms with Crippen molar-refractivity contribution < 1.29 is 13.6 Å². The zero-order valence-corrected chi connectivity index (χ0v) is 11.7. The van der Waals surface area contributed by atoms with E-state index in [0.717, 1.165) is 25.3 Å². The summed E-state index contributed by atoms with van der Waals surface area (Å²) in [6.45, 7) is 4.39. The Hall–Kier alpha value is -1.65. The van der Waals surface area contributed by atoms with Gasteiger partial charge >= 0.3 is 0 Å². The average molecular weight is 282 g/mol. The number of hydrogen-bond acceptors (Lipinski definition) is 2. The van der Waals surface area contributed by atoms with Gasteiger partial charge in [0, 0.05) is 12.1 Å². The lowest BCUT2D eigenvalue weighted by Crippen LogP contribution is -2.30. The van der Waals surface area contributed by atoms with Crippen molar-refractivity contribution in [2.45, 2.75) is 39.2 Å². The van der Waals surface area contributed by atoms with Crippen molar-refractivity contribution in [2.75, 3.05) is 5.32 Å². The van der Waals surface area contributed by atoms with E-state index < -0.39 is 17.5 Å². The highest BCUT2D eigenvalue weighted by Gasteiger charge is 2.25. The fourth-order valence-electron chi connectivity index (χ4n) is 2.75. The van der Waals surface area contributed by atoms with Crippen LogP contribution < -0.4 is 11.1 Å². The minimum Gasteiger partial charge on any atom is -0.380 e. The summed E-state index contributed by atoms with van der Waals surface area (Å²) in [5, 5.41) is 3.07. The molecule has 1 aromatic rings. The molecule has 1 aliphatic carbocycles. The number of hydrogen-bond donors (Lipinski definition) is 2. The van der Waals surface area contributed by atoms with Gasteiger partial charge in [-0.3, -0.25) is 4.79 Å². The Kier molecular flexibility index (Phi) is 4.26. The van der Waals surface area contributed by atoms with E-state index in [2.05, 4.69) is 19.2 Å². The van der Waals surface area contributed by atoms with Crippen LogP contribution in [0.25, 0.3) is 0 Å². The van der Waals surface area contributed by atoms with E-state index in [0.29, 0.717) is 17.9 Å². The van der Waals surface area contributed by atoms with Gasteiger partial charge in [-0.15, -0.1) is 0 Å². The van der Waals surface area contributed by atoms with Crippen molar-refractivity contribution in [2.24, 2.45) is 17.6 Å². The van der Waals surface area contributed by atoms with E-state index in [1.54, 1.807) is 0 Å². The van der Waals surface area contributed by atoms with Gasteiger partial charge in [-0.25, -0.2) is 8.78 Å². The summed E-state index contributed by atoms with van der Waals surface area (Å²) in [4.78, 5) is 11.1. The Balaban J connectivity index is 2.17. The van der Waals surface area contributed by atoms with Crippen LogP contribution in [0, 0.1) is 23.5 Å². The fourth-order valence-corrected chi connectivity index (χ4v) is 2.75. The largest absolute Gasteiger partial charge is 0.380 e. The van der Waals surface area contributed by atoms with E-state index in [9.17, 15) is 13.6 Å². The van der Waals surface area contributed by atoms with Crippen molar-refractivity contribution in [3.63, 3.8) is 0 Å². The first-order valence-corrected chi connectivity index (χ1v) is 6.94. The monoisotopic (exact) mass is 282 g/mol. The van der Waals surface area contributed by atoms with Crippen LogP contribution in [-0.2, 0) is 0 Å². The molecule has 0 heterocycles. The van der Waals surface area contributed by atoms with E-state index >= 15 is 0 Å². The van der Waals surface area contributed by atoms with Gasteiger partial charge in [0.05, 0.1) is 11.3 Å². The van der Waals surface area contributed by atoms with Crippen LogP contribution in [-0.4, -0.2) is 11.9 Å². The van der Waals surface area contributed by atoms with E-state index in [1.165, 1.54) is 0 Å². The van der Waals surface area contributed by atoms with Crippen LogP contribution in [0.4, 0.5) is 14.5 Å². The summed E-state index contributed by atoms with van der Waals surface area (Å²) in [6, 6.07) is 2.01. The van der Waals surface area contributed by atoms with Crippen LogP contribution >= 0.6 is 0 Å². The first kappa shape index (κ1) is 14.8. The number of benzene rings is 1. The fraction of sp³-hybridized carbons (Fsp3) is 0.533. The number of carbonyl (C=O) groups is 1. The molecule has 0 bridgehead atoms. The smallest absolute Gasteiger partial charge is 0.251 e. The molecule has 2 rings (SSSR count). The van der Waals surface area contributed by atoms with Crippen LogP contribution in [0.5, 0.6) is 0 Å². The number of amides is 1. The highest BCUT2D eigenvalue weighted by Crippen LogP contribution is 2.32. The van der Waals surface area contributed by atoms with Gasteiger partial charge in [0.25, 0.3) is 5.91 Å². The molecule has 20 heavy (non-hydrogen) atoms. The quantitative estimate of drug-likeness (QED) is 0.893. The third-order valence-corrected chi connectivity index (χ3v) is 4.28. The van der Waals surface area contributed by atoms with Gasteiger partial charge < -0.3 is 11.1 Å². The van der Waals surface area contributed by atoms with Crippen molar-refractivity contribution in [3.8, 4) is 0 Å². The van der Waals surface area contributed by atoms with E-state index in [4.69, 9.17) is 5.73 Å². The predicted octanol–water partition coefficient (Wildman–Crippen LogP) is 3.30. The maximum atomic E-state index is 13.8. The number of primary amides is 1. The summed E-state index contributed by atoms with van der Waals surface area (Å²) >= 11 is 0. The standard InChI is InChI=1S/C15H20F2N2O/c1-8-3-4-10(5-9(8)2)19-14-6-11(15(18)20)12(16)7-13(14)17/h6-10,19H,3-5H2,1-2H3,(H2,18,20). The second-order valence-corrected chi connectivity index (χ2v) is 5.79. The Bertz CT molecular complexity index is 519.